The van der Waals surface area contributed by atoms with Gasteiger partial charge >= 0.3 is 5.97 Å². The second-order valence-corrected chi connectivity index (χ2v) is 4.25. The Balaban J connectivity index is 2.58. The van der Waals surface area contributed by atoms with Crippen LogP contribution in [0.3, 0.4) is 0 Å². The van der Waals surface area contributed by atoms with E-state index in [0.717, 1.165) is 5.01 Å². The van der Waals surface area contributed by atoms with Crippen molar-refractivity contribution in [3.63, 3.8) is 0 Å². The highest BCUT2D eigenvalue weighted by Crippen LogP contribution is 2.29. The second kappa shape index (κ2) is 3.47. The molecule has 0 aliphatic rings. The number of aromatic carboxylic acids is 1. The molecule has 6 heteroatoms. The van der Waals surface area contributed by atoms with Gasteiger partial charge in [0, 0.05) is 6.20 Å². The lowest BCUT2D eigenvalue weighted by molar-refractivity contribution is 0.0696. The Labute approximate surface area is 89.4 Å². The first kappa shape index (κ1) is 9.85. The van der Waals surface area contributed by atoms with E-state index in [9.17, 15) is 4.79 Å². The standard InChI is InChI=1S/C9H8N2O3S/c1-4-7(9(12)13)8(11-14-4)6-3-10-5(2)15-6/h3H,1-2H3,(H,12,13). The van der Waals surface area contributed by atoms with E-state index in [1.54, 1.807) is 13.1 Å². The molecule has 0 fully saturated rings. The fourth-order valence-electron chi connectivity index (χ4n) is 1.26. The number of carbonyl (C=O) groups is 1. The average Bonchev–Trinajstić information content (AvgIpc) is 2.71. The van der Waals surface area contributed by atoms with Gasteiger partial charge in [-0.05, 0) is 13.8 Å². The van der Waals surface area contributed by atoms with Gasteiger partial charge in [0.1, 0.15) is 17.0 Å². The molecule has 0 saturated heterocycles. The van der Waals surface area contributed by atoms with E-state index >= 15 is 0 Å². The van der Waals surface area contributed by atoms with E-state index in [1.807, 2.05) is 6.92 Å². The zero-order chi connectivity index (χ0) is 11.0. The summed E-state index contributed by atoms with van der Waals surface area (Å²) >= 11 is 1.39. The van der Waals surface area contributed by atoms with Gasteiger partial charge in [-0.15, -0.1) is 11.3 Å². The largest absolute Gasteiger partial charge is 0.477 e. The molecule has 0 radical (unpaired) electrons. The van der Waals surface area contributed by atoms with Crippen LogP contribution in [0.5, 0.6) is 0 Å². The van der Waals surface area contributed by atoms with Crippen LogP contribution in [0.2, 0.25) is 0 Å². The molecule has 2 aromatic heterocycles. The van der Waals surface area contributed by atoms with Gasteiger partial charge in [0.15, 0.2) is 0 Å². The lowest BCUT2D eigenvalue weighted by atomic mass is 10.2. The normalized spacial score (nSPS) is 10.5. The monoisotopic (exact) mass is 224 g/mol. The van der Waals surface area contributed by atoms with Crippen LogP contribution in [-0.2, 0) is 0 Å². The van der Waals surface area contributed by atoms with Gasteiger partial charge in [0.05, 0.1) is 9.88 Å². The number of carboxylic acid groups (broad SMARTS) is 1. The van der Waals surface area contributed by atoms with Gasteiger partial charge in [-0.25, -0.2) is 9.78 Å². The van der Waals surface area contributed by atoms with E-state index in [-0.39, 0.29) is 5.56 Å². The molecule has 2 aromatic rings. The van der Waals surface area contributed by atoms with Crippen LogP contribution in [0, 0.1) is 13.8 Å². The van der Waals surface area contributed by atoms with Gasteiger partial charge in [0.2, 0.25) is 0 Å². The topological polar surface area (TPSA) is 76.2 Å². The summed E-state index contributed by atoms with van der Waals surface area (Å²) in [6.45, 7) is 3.43. The smallest absolute Gasteiger partial charge is 0.341 e. The van der Waals surface area contributed by atoms with Gasteiger partial charge in [-0.2, -0.15) is 0 Å². The molecule has 5 nitrogen and oxygen atoms in total. The number of thiazole rings is 1. The number of aryl methyl sites for hydroxylation is 2. The summed E-state index contributed by atoms with van der Waals surface area (Å²) in [6, 6.07) is 0. The van der Waals surface area contributed by atoms with Crippen molar-refractivity contribution in [3.05, 3.63) is 22.5 Å². The van der Waals surface area contributed by atoms with Crippen LogP contribution in [0.25, 0.3) is 10.6 Å². The summed E-state index contributed by atoms with van der Waals surface area (Å²) in [5, 5.41) is 13.6. The van der Waals surface area contributed by atoms with E-state index < -0.39 is 5.97 Å². The quantitative estimate of drug-likeness (QED) is 0.845. The molecule has 0 aliphatic heterocycles. The summed E-state index contributed by atoms with van der Waals surface area (Å²) in [7, 11) is 0. The van der Waals surface area contributed by atoms with E-state index in [2.05, 4.69) is 10.1 Å². The number of aromatic nitrogens is 2. The highest BCUT2D eigenvalue weighted by molar-refractivity contribution is 7.15. The van der Waals surface area contributed by atoms with Crippen molar-refractivity contribution in [1.29, 1.82) is 0 Å². The number of hydrogen-bond acceptors (Lipinski definition) is 5. The molecule has 1 N–H and O–H groups in total. The molecular formula is C9H8N2O3S. The highest BCUT2D eigenvalue weighted by Gasteiger charge is 2.21. The average molecular weight is 224 g/mol. The van der Waals surface area contributed by atoms with Crippen LogP contribution in [0.1, 0.15) is 21.1 Å². The molecule has 2 heterocycles. The third-order valence-corrected chi connectivity index (χ3v) is 2.85. The van der Waals surface area contributed by atoms with Crippen molar-refractivity contribution in [2.75, 3.05) is 0 Å². The number of nitrogens with zero attached hydrogens (tertiary/aromatic N) is 2. The second-order valence-electron chi connectivity index (χ2n) is 3.01. The molecule has 0 spiro atoms. The molecular weight excluding hydrogens is 216 g/mol. The minimum absolute atomic E-state index is 0.110. The maximum atomic E-state index is 11.0. The first-order valence-corrected chi connectivity index (χ1v) is 5.03. The Bertz CT molecular complexity index is 515. The predicted molar refractivity (Wildman–Crippen MR) is 54.0 cm³/mol. The van der Waals surface area contributed by atoms with Gasteiger partial charge in [-0.1, -0.05) is 5.16 Å². The van der Waals surface area contributed by atoms with Crippen molar-refractivity contribution in [2.24, 2.45) is 0 Å². The zero-order valence-corrected chi connectivity index (χ0v) is 8.96. The van der Waals surface area contributed by atoms with E-state index in [0.29, 0.717) is 16.3 Å². The summed E-state index contributed by atoms with van der Waals surface area (Å²) in [6.07, 6.45) is 1.60. The van der Waals surface area contributed by atoms with Crippen LogP contribution >= 0.6 is 11.3 Å². The number of rotatable bonds is 2. The Morgan fingerprint density at radius 2 is 2.27 bits per heavy atom. The summed E-state index contributed by atoms with van der Waals surface area (Å²) < 4.78 is 4.87. The minimum Gasteiger partial charge on any atom is -0.477 e. The maximum absolute atomic E-state index is 11.0. The molecule has 0 aliphatic carbocycles. The van der Waals surface area contributed by atoms with E-state index in [1.165, 1.54) is 11.3 Å². The van der Waals surface area contributed by atoms with Crippen LogP contribution in [-0.4, -0.2) is 21.2 Å². The first-order valence-electron chi connectivity index (χ1n) is 4.22. The Hall–Kier alpha value is -1.69. The molecule has 15 heavy (non-hydrogen) atoms. The van der Waals surface area contributed by atoms with Crippen molar-refractivity contribution in [3.8, 4) is 10.6 Å². The van der Waals surface area contributed by atoms with Crippen LogP contribution in [0.4, 0.5) is 0 Å². The van der Waals surface area contributed by atoms with Crippen molar-refractivity contribution in [1.82, 2.24) is 10.1 Å². The summed E-state index contributed by atoms with van der Waals surface area (Å²) in [5.41, 5.74) is 0.462. The van der Waals surface area contributed by atoms with Crippen molar-refractivity contribution >= 4 is 17.3 Å². The maximum Gasteiger partial charge on any atom is 0.341 e. The van der Waals surface area contributed by atoms with Gasteiger partial charge < -0.3 is 9.63 Å². The molecule has 2 rings (SSSR count). The summed E-state index contributed by atoms with van der Waals surface area (Å²) in [4.78, 5) is 15.7. The molecule has 0 unspecified atom stereocenters. The molecule has 0 bridgehead atoms. The minimum atomic E-state index is -1.03. The van der Waals surface area contributed by atoms with Crippen LogP contribution in [0.15, 0.2) is 10.7 Å². The third kappa shape index (κ3) is 1.63. The first-order chi connectivity index (χ1) is 7.09. The fourth-order valence-corrected chi connectivity index (χ4v) is 2.03. The fraction of sp³-hybridized carbons (Fsp3) is 0.222. The zero-order valence-electron chi connectivity index (χ0n) is 8.14. The Kier molecular flexibility index (Phi) is 2.28. The molecule has 0 aromatic carbocycles. The molecule has 0 atom stereocenters. The molecule has 0 saturated carbocycles. The van der Waals surface area contributed by atoms with Crippen molar-refractivity contribution in [2.45, 2.75) is 13.8 Å². The highest BCUT2D eigenvalue weighted by atomic mass is 32.1. The Morgan fingerprint density at radius 3 is 2.80 bits per heavy atom. The number of carboxylic acids is 1. The van der Waals surface area contributed by atoms with Gasteiger partial charge in [-0.3, -0.25) is 0 Å². The molecule has 78 valence electrons. The summed E-state index contributed by atoms with van der Waals surface area (Å²) in [5.74, 6) is -0.724. The predicted octanol–water partition coefficient (Wildman–Crippen LogP) is 2.11. The lowest BCUT2D eigenvalue weighted by Gasteiger charge is -1.91. The Morgan fingerprint density at radius 1 is 1.53 bits per heavy atom. The van der Waals surface area contributed by atoms with E-state index in [4.69, 9.17) is 9.63 Å². The third-order valence-electron chi connectivity index (χ3n) is 1.93. The van der Waals surface area contributed by atoms with Gasteiger partial charge in [0.25, 0.3) is 0 Å². The SMILES string of the molecule is Cc1ncc(-c2noc(C)c2C(=O)O)s1. The van der Waals surface area contributed by atoms with Crippen LogP contribution < -0.4 is 0 Å². The lowest BCUT2D eigenvalue weighted by Crippen LogP contribution is -1.98. The number of hydrogen-bond donors (Lipinski definition) is 1. The van der Waals surface area contributed by atoms with Crippen molar-refractivity contribution < 1.29 is 14.4 Å². The molecule has 0 amide bonds.